The van der Waals surface area contributed by atoms with Crippen molar-refractivity contribution in [2.75, 3.05) is 6.54 Å². The first-order chi connectivity index (χ1) is 9.38. The number of rotatable bonds is 3. The fourth-order valence-corrected chi connectivity index (χ4v) is 2.58. The molecule has 2 atom stereocenters. The van der Waals surface area contributed by atoms with E-state index in [1.807, 2.05) is 32.0 Å². The summed E-state index contributed by atoms with van der Waals surface area (Å²) in [6.45, 7) is 3.98. The van der Waals surface area contributed by atoms with Gasteiger partial charge in [-0.3, -0.25) is 4.79 Å². The van der Waals surface area contributed by atoms with Gasteiger partial charge in [-0.05, 0) is 25.0 Å². The van der Waals surface area contributed by atoms with E-state index in [0.717, 1.165) is 16.7 Å². The predicted molar refractivity (Wildman–Crippen MR) is 73.4 cm³/mol. The summed E-state index contributed by atoms with van der Waals surface area (Å²) in [7, 11) is 0. The van der Waals surface area contributed by atoms with Crippen molar-refractivity contribution < 1.29 is 19.8 Å². The fraction of sp³-hybridized carbons (Fsp3) is 0.467. The van der Waals surface area contributed by atoms with Gasteiger partial charge in [0, 0.05) is 13.0 Å². The van der Waals surface area contributed by atoms with Gasteiger partial charge in [-0.25, -0.2) is 4.79 Å². The van der Waals surface area contributed by atoms with E-state index in [4.69, 9.17) is 5.11 Å². The predicted octanol–water partition coefficient (Wildman–Crippen LogP) is 0.892. The van der Waals surface area contributed by atoms with Gasteiger partial charge in [-0.1, -0.05) is 23.8 Å². The number of carbonyl (C=O) groups excluding carboxylic acids is 1. The molecule has 1 saturated heterocycles. The molecule has 1 aromatic rings. The van der Waals surface area contributed by atoms with E-state index in [9.17, 15) is 14.7 Å². The van der Waals surface area contributed by atoms with E-state index in [-0.39, 0.29) is 25.3 Å². The highest BCUT2D eigenvalue weighted by Crippen LogP contribution is 2.20. The molecule has 0 aliphatic carbocycles. The number of amides is 1. The van der Waals surface area contributed by atoms with Gasteiger partial charge < -0.3 is 15.1 Å². The molecule has 1 aliphatic heterocycles. The fourth-order valence-electron chi connectivity index (χ4n) is 2.58. The molecule has 2 unspecified atom stereocenters. The number of carboxylic acid groups (broad SMARTS) is 1. The maximum Gasteiger partial charge on any atom is 0.326 e. The van der Waals surface area contributed by atoms with Crippen LogP contribution in [0.3, 0.4) is 0 Å². The summed E-state index contributed by atoms with van der Waals surface area (Å²) in [6, 6.07) is 4.95. The molecular weight excluding hydrogens is 258 g/mol. The van der Waals surface area contributed by atoms with Crippen molar-refractivity contribution >= 4 is 11.9 Å². The monoisotopic (exact) mass is 277 g/mol. The first-order valence-corrected chi connectivity index (χ1v) is 6.65. The van der Waals surface area contributed by atoms with Gasteiger partial charge in [0.15, 0.2) is 0 Å². The van der Waals surface area contributed by atoms with Gasteiger partial charge in [0.05, 0.1) is 12.5 Å². The van der Waals surface area contributed by atoms with Crippen LogP contribution in [0.2, 0.25) is 0 Å². The zero-order chi connectivity index (χ0) is 14.9. The first kappa shape index (κ1) is 14.5. The van der Waals surface area contributed by atoms with Gasteiger partial charge in [0.25, 0.3) is 0 Å². The number of aliphatic hydroxyl groups is 1. The molecule has 0 bridgehead atoms. The summed E-state index contributed by atoms with van der Waals surface area (Å²) in [5.74, 6) is -1.31. The van der Waals surface area contributed by atoms with Crippen LogP contribution in [-0.2, 0) is 16.0 Å². The lowest BCUT2D eigenvalue weighted by Crippen LogP contribution is -2.41. The van der Waals surface area contributed by atoms with E-state index in [1.165, 1.54) is 4.90 Å². The molecule has 0 spiro atoms. The van der Waals surface area contributed by atoms with E-state index in [1.54, 1.807) is 0 Å². The van der Waals surface area contributed by atoms with Gasteiger partial charge in [-0.2, -0.15) is 0 Å². The maximum absolute atomic E-state index is 12.3. The van der Waals surface area contributed by atoms with E-state index < -0.39 is 18.1 Å². The number of nitrogens with zero attached hydrogens (tertiary/aromatic N) is 1. The number of aliphatic carboxylic acids is 1. The smallest absolute Gasteiger partial charge is 0.326 e. The number of aryl methyl sites for hydroxylation is 2. The average molecular weight is 277 g/mol. The quantitative estimate of drug-likeness (QED) is 0.860. The lowest BCUT2D eigenvalue weighted by Gasteiger charge is -2.21. The highest BCUT2D eigenvalue weighted by Gasteiger charge is 2.38. The second-order valence-corrected chi connectivity index (χ2v) is 5.40. The number of β-amino-alcohol motifs (C(OH)–C–C–N with tert-alkyl or cyclic N) is 1. The van der Waals surface area contributed by atoms with Crippen molar-refractivity contribution in [1.82, 2.24) is 4.90 Å². The van der Waals surface area contributed by atoms with E-state index in [2.05, 4.69) is 0 Å². The Morgan fingerprint density at radius 1 is 1.35 bits per heavy atom. The van der Waals surface area contributed by atoms with Crippen molar-refractivity contribution in [3.63, 3.8) is 0 Å². The third kappa shape index (κ3) is 2.99. The second-order valence-electron chi connectivity index (χ2n) is 5.40. The van der Waals surface area contributed by atoms with Crippen LogP contribution in [0.1, 0.15) is 23.1 Å². The summed E-state index contributed by atoms with van der Waals surface area (Å²) in [4.78, 5) is 24.7. The SMILES string of the molecule is Cc1ccc(C)c(CC(=O)N2CC(O)CC2C(=O)O)c1. The average Bonchev–Trinajstić information content (AvgIpc) is 2.76. The molecule has 5 nitrogen and oxygen atoms in total. The Hall–Kier alpha value is -1.88. The standard InChI is InChI=1S/C15H19NO4/c1-9-3-4-10(2)11(5-9)6-14(18)16-8-12(17)7-13(16)15(19)20/h3-5,12-13,17H,6-8H2,1-2H3,(H,19,20). The van der Waals surface area contributed by atoms with Crippen LogP contribution in [0.5, 0.6) is 0 Å². The Balaban J connectivity index is 2.15. The highest BCUT2D eigenvalue weighted by molar-refractivity contribution is 5.86. The number of carboxylic acids is 1. The molecule has 108 valence electrons. The molecule has 0 aromatic heterocycles. The Bertz CT molecular complexity index is 541. The van der Waals surface area contributed by atoms with Gasteiger partial charge in [-0.15, -0.1) is 0 Å². The van der Waals surface area contributed by atoms with Crippen LogP contribution in [0.25, 0.3) is 0 Å². The molecule has 1 heterocycles. The van der Waals surface area contributed by atoms with Crippen molar-refractivity contribution in [1.29, 1.82) is 0 Å². The van der Waals surface area contributed by atoms with Crippen molar-refractivity contribution in [3.05, 3.63) is 34.9 Å². The number of likely N-dealkylation sites (tertiary alicyclic amines) is 1. The van der Waals surface area contributed by atoms with Gasteiger partial charge in [0.1, 0.15) is 6.04 Å². The summed E-state index contributed by atoms with van der Waals surface area (Å²) in [6.07, 6.45) is -0.476. The van der Waals surface area contributed by atoms with Crippen LogP contribution < -0.4 is 0 Å². The summed E-state index contributed by atoms with van der Waals surface area (Å²) in [5.41, 5.74) is 2.98. The van der Waals surface area contributed by atoms with Crippen molar-refractivity contribution in [3.8, 4) is 0 Å². The minimum Gasteiger partial charge on any atom is -0.480 e. The summed E-state index contributed by atoms with van der Waals surface area (Å²) in [5, 5.41) is 18.7. The number of benzene rings is 1. The molecule has 5 heteroatoms. The largest absolute Gasteiger partial charge is 0.480 e. The lowest BCUT2D eigenvalue weighted by atomic mass is 10.0. The van der Waals surface area contributed by atoms with Crippen LogP contribution in [0, 0.1) is 13.8 Å². The molecule has 0 radical (unpaired) electrons. The van der Waals surface area contributed by atoms with Crippen LogP contribution >= 0.6 is 0 Å². The number of aliphatic hydroxyl groups excluding tert-OH is 1. The topological polar surface area (TPSA) is 77.8 Å². The maximum atomic E-state index is 12.3. The Morgan fingerprint density at radius 3 is 2.70 bits per heavy atom. The summed E-state index contributed by atoms with van der Waals surface area (Å²) < 4.78 is 0. The van der Waals surface area contributed by atoms with Crippen molar-refractivity contribution in [2.24, 2.45) is 0 Å². The lowest BCUT2D eigenvalue weighted by molar-refractivity contribution is -0.148. The first-order valence-electron chi connectivity index (χ1n) is 6.65. The minimum absolute atomic E-state index is 0.0979. The Labute approximate surface area is 117 Å². The molecule has 1 amide bonds. The molecular formula is C15H19NO4. The Morgan fingerprint density at radius 2 is 2.05 bits per heavy atom. The van der Waals surface area contributed by atoms with Crippen molar-refractivity contribution in [2.45, 2.75) is 38.8 Å². The van der Waals surface area contributed by atoms with Crippen LogP contribution in [0.15, 0.2) is 18.2 Å². The molecule has 2 N–H and O–H groups in total. The Kier molecular flexibility index (Phi) is 4.09. The second kappa shape index (κ2) is 5.63. The molecule has 1 fully saturated rings. The third-order valence-electron chi connectivity index (χ3n) is 3.73. The number of hydrogen-bond donors (Lipinski definition) is 2. The molecule has 1 aromatic carbocycles. The molecule has 1 aliphatic rings. The molecule has 0 saturated carbocycles. The van der Waals surface area contributed by atoms with Crippen LogP contribution in [0.4, 0.5) is 0 Å². The molecule has 20 heavy (non-hydrogen) atoms. The van der Waals surface area contributed by atoms with E-state index >= 15 is 0 Å². The minimum atomic E-state index is -1.06. The zero-order valence-electron chi connectivity index (χ0n) is 11.7. The van der Waals surface area contributed by atoms with Gasteiger partial charge in [0.2, 0.25) is 5.91 Å². The zero-order valence-corrected chi connectivity index (χ0v) is 11.7. The van der Waals surface area contributed by atoms with Crippen LogP contribution in [-0.4, -0.2) is 45.7 Å². The van der Waals surface area contributed by atoms with Gasteiger partial charge >= 0.3 is 5.97 Å². The number of carbonyl (C=O) groups is 2. The van der Waals surface area contributed by atoms with E-state index in [0.29, 0.717) is 0 Å². The highest BCUT2D eigenvalue weighted by atomic mass is 16.4. The number of hydrogen-bond acceptors (Lipinski definition) is 3. The third-order valence-corrected chi connectivity index (χ3v) is 3.73. The molecule has 2 rings (SSSR count). The normalized spacial score (nSPS) is 22.1. The summed E-state index contributed by atoms with van der Waals surface area (Å²) >= 11 is 0.